The molecule has 210 valence electrons. The summed E-state index contributed by atoms with van der Waals surface area (Å²) in [6, 6.07) is 25.0. The van der Waals surface area contributed by atoms with Crippen LogP contribution in [-0.2, 0) is 11.8 Å². The zero-order valence-corrected chi connectivity index (χ0v) is 25.4. The molecule has 0 atom stereocenters. The number of carbonyl (C=O) groups excluding carboxylic acids is 1. The van der Waals surface area contributed by atoms with Crippen molar-refractivity contribution in [3.8, 4) is 16.9 Å². The molecule has 6 rings (SSSR count). The predicted octanol–water partition coefficient (Wildman–Crippen LogP) is 7.67. The van der Waals surface area contributed by atoms with Gasteiger partial charge in [0.15, 0.2) is 14.5 Å². The summed E-state index contributed by atoms with van der Waals surface area (Å²) < 4.78 is 5.28. The molecule has 6 aromatic rings. The lowest BCUT2D eigenvalue weighted by Gasteiger charge is -2.07. The number of fused-ring (bicyclic) bond motifs is 1. The highest BCUT2D eigenvalue weighted by molar-refractivity contribution is 8.01. The van der Waals surface area contributed by atoms with Crippen LogP contribution in [0.5, 0.6) is 0 Å². The summed E-state index contributed by atoms with van der Waals surface area (Å²) in [6.45, 7) is 3.87. The van der Waals surface area contributed by atoms with Crippen LogP contribution in [-0.4, -0.2) is 31.0 Å². The maximum absolute atomic E-state index is 13.8. The van der Waals surface area contributed by atoms with Crippen molar-refractivity contribution in [3.05, 3.63) is 100 Å². The van der Waals surface area contributed by atoms with Crippen molar-refractivity contribution in [2.24, 2.45) is 17.3 Å². The third kappa shape index (κ3) is 5.69. The highest BCUT2D eigenvalue weighted by Gasteiger charge is 2.24. The molecule has 9 nitrogen and oxygen atoms in total. The molecular formula is C30H25N7O2S3. The van der Waals surface area contributed by atoms with E-state index in [1.54, 1.807) is 20.7 Å². The monoisotopic (exact) mass is 611 g/mol. The number of benzene rings is 3. The zero-order chi connectivity index (χ0) is 29.2. The molecule has 12 heteroatoms. The van der Waals surface area contributed by atoms with Gasteiger partial charge in [-0.2, -0.15) is 0 Å². The molecule has 0 saturated carbocycles. The van der Waals surface area contributed by atoms with Crippen molar-refractivity contribution in [3.63, 3.8) is 0 Å². The summed E-state index contributed by atoms with van der Waals surface area (Å²) >= 11 is 4.10. The van der Waals surface area contributed by atoms with E-state index >= 15 is 0 Å². The number of anilines is 1. The van der Waals surface area contributed by atoms with Gasteiger partial charge in [0.25, 0.3) is 5.56 Å². The number of nitrogens with zero attached hydrogens (tertiary/aromatic N) is 6. The van der Waals surface area contributed by atoms with Crippen molar-refractivity contribution >= 4 is 66.4 Å². The fourth-order valence-electron chi connectivity index (χ4n) is 4.35. The summed E-state index contributed by atoms with van der Waals surface area (Å²) in [5, 5.41) is 12.5. The van der Waals surface area contributed by atoms with Gasteiger partial charge < -0.3 is 5.32 Å². The molecule has 0 fully saturated rings. The van der Waals surface area contributed by atoms with Crippen LogP contribution in [0.4, 0.5) is 15.8 Å². The lowest BCUT2D eigenvalue weighted by Crippen LogP contribution is -2.20. The second-order valence-electron chi connectivity index (χ2n) is 9.43. The summed E-state index contributed by atoms with van der Waals surface area (Å²) in [5.74, 6) is -0.0619. The number of hydrogen-bond acceptors (Lipinski definition) is 9. The molecule has 1 N–H and O–H groups in total. The fraction of sp³-hybridized carbons (Fsp3) is 0.133. The van der Waals surface area contributed by atoms with E-state index < -0.39 is 0 Å². The van der Waals surface area contributed by atoms with E-state index in [4.69, 9.17) is 4.98 Å². The molecular weight excluding hydrogens is 587 g/mol. The SMILES string of the molecule is Cc1ccc(N=Nc2sc(NC(=O)CSc3nc4ccccc4s3)nc2-c2c(C)n(C)n(-c3ccccc3)c2=O)cc1. The number of carbonyl (C=O) groups is 1. The molecule has 0 aliphatic heterocycles. The fourth-order valence-corrected chi connectivity index (χ4v) is 7.03. The second-order valence-corrected chi connectivity index (χ2v) is 12.7. The van der Waals surface area contributed by atoms with Crippen LogP contribution in [0.1, 0.15) is 11.3 Å². The maximum atomic E-state index is 13.8. The summed E-state index contributed by atoms with van der Waals surface area (Å²) in [6.07, 6.45) is 0. The number of rotatable bonds is 8. The van der Waals surface area contributed by atoms with Crippen LogP contribution < -0.4 is 10.9 Å². The Bertz CT molecular complexity index is 1950. The molecule has 3 heterocycles. The van der Waals surface area contributed by atoms with Gasteiger partial charge in [-0.05, 0) is 50.2 Å². The molecule has 1 amide bonds. The number of nitrogens with one attached hydrogen (secondary N) is 1. The first-order chi connectivity index (χ1) is 20.4. The Labute approximate surface area is 253 Å². The van der Waals surface area contributed by atoms with Gasteiger partial charge in [-0.15, -0.1) is 21.6 Å². The number of amides is 1. The predicted molar refractivity (Wildman–Crippen MR) is 171 cm³/mol. The van der Waals surface area contributed by atoms with Crippen molar-refractivity contribution in [1.29, 1.82) is 0 Å². The normalized spacial score (nSPS) is 11.5. The number of aryl methyl sites for hydroxylation is 1. The number of thioether (sulfide) groups is 1. The average molecular weight is 612 g/mol. The molecule has 0 aliphatic rings. The van der Waals surface area contributed by atoms with E-state index in [0.717, 1.165) is 25.8 Å². The number of aromatic nitrogens is 4. The van der Waals surface area contributed by atoms with Crippen molar-refractivity contribution in [1.82, 2.24) is 19.3 Å². The van der Waals surface area contributed by atoms with Crippen LogP contribution in [0.3, 0.4) is 0 Å². The minimum Gasteiger partial charge on any atom is -0.301 e. The molecule has 0 aliphatic carbocycles. The molecule has 3 aromatic carbocycles. The third-order valence-corrected chi connectivity index (χ3v) is 9.57. The third-order valence-electron chi connectivity index (χ3n) is 6.54. The zero-order valence-electron chi connectivity index (χ0n) is 22.9. The van der Waals surface area contributed by atoms with Gasteiger partial charge in [0.05, 0.1) is 32.9 Å². The van der Waals surface area contributed by atoms with Crippen LogP contribution in [0.2, 0.25) is 0 Å². The average Bonchev–Trinajstić information content (AvgIpc) is 3.65. The van der Waals surface area contributed by atoms with E-state index in [-0.39, 0.29) is 17.2 Å². The first-order valence-corrected chi connectivity index (χ1v) is 15.6. The van der Waals surface area contributed by atoms with Crippen LogP contribution >= 0.6 is 34.4 Å². The van der Waals surface area contributed by atoms with Crippen molar-refractivity contribution < 1.29 is 4.79 Å². The Balaban J connectivity index is 1.32. The van der Waals surface area contributed by atoms with Crippen molar-refractivity contribution in [2.75, 3.05) is 11.1 Å². The highest BCUT2D eigenvalue weighted by atomic mass is 32.2. The highest BCUT2D eigenvalue weighted by Crippen LogP contribution is 2.39. The minimum absolute atomic E-state index is 0.167. The smallest absolute Gasteiger partial charge is 0.281 e. The molecule has 0 bridgehead atoms. The van der Waals surface area contributed by atoms with Gasteiger partial charge >= 0.3 is 0 Å². The Morgan fingerprint density at radius 2 is 1.67 bits per heavy atom. The molecule has 0 radical (unpaired) electrons. The largest absolute Gasteiger partial charge is 0.301 e. The number of hydrogen-bond donors (Lipinski definition) is 1. The Morgan fingerprint density at radius 1 is 0.929 bits per heavy atom. The lowest BCUT2D eigenvalue weighted by atomic mass is 10.2. The minimum atomic E-state index is -0.234. The lowest BCUT2D eigenvalue weighted by molar-refractivity contribution is -0.113. The van der Waals surface area contributed by atoms with Gasteiger partial charge in [0, 0.05) is 12.7 Å². The molecule has 0 saturated heterocycles. The van der Waals surface area contributed by atoms with E-state index in [1.807, 2.05) is 99.8 Å². The maximum Gasteiger partial charge on any atom is 0.281 e. The Kier molecular flexibility index (Phi) is 7.83. The molecule has 0 unspecified atom stereocenters. The number of para-hydroxylation sites is 2. The first-order valence-electron chi connectivity index (χ1n) is 13.0. The van der Waals surface area contributed by atoms with Crippen LogP contribution in [0, 0.1) is 13.8 Å². The standard InChI is InChI=1S/C30H25N7O2S3/c1-18-13-15-20(16-14-18)34-35-27-26(25-19(2)36(3)37(28(25)39)21-9-5-4-6-10-21)33-29(42-27)32-24(38)17-40-30-31-22-11-7-8-12-23(22)41-30/h4-16H,17H2,1-3H3,(H,32,33,38). The van der Waals surface area contributed by atoms with E-state index in [2.05, 4.69) is 20.5 Å². The number of azo groups is 1. The summed E-state index contributed by atoms with van der Waals surface area (Å²) in [7, 11) is 1.83. The number of thiazole rings is 2. The quantitative estimate of drug-likeness (QED) is 0.140. The summed E-state index contributed by atoms with van der Waals surface area (Å²) in [5.41, 5.74) is 4.69. The van der Waals surface area contributed by atoms with E-state index in [0.29, 0.717) is 32.8 Å². The van der Waals surface area contributed by atoms with Gasteiger partial charge in [-0.1, -0.05) is 71.1 Å². The molecule has 0 spiro atoms. The summed E-state index contributed by atoms with van der Waals surface area (Å²) in [4.78, 5) is 36.0. The van der Waals surface area contributed by atoms with Gasteiger partial charge in [-0.3, -0.25) is 14.3 Å². The van der Waals surface area contributed by atoms with E-state index in [1.165, 1.54) is 23.1 Å². The Hall–Kier alpha value is -4.39. The van der Waals surface area contributed by atoms with Gasteiger partial charge in [0.1, 0.15) is 5.69 Å². The van der Waals surface area contributed by atoms with Crippen molar-refractivity contribution in [2.45, 2.75) is 18.2 Å². The van der Waals surface area contributed by atoms with Gasteiger partial charge in [0.2, 0.25) is 5.91 Å². The van der Waals surface area contributed by atoms with Crippen LogP contribution in [0.25, 0.3) is 27.2 Å². The molecule has 3 aromatic heterocycles. The molecule has 42 heavy (non-hydrogen) atoms. The Morgan fingerprint density at radius 3 is 2.43 bits per heavy atom. The first kappa shape index (κ1) is 27.8. The van der Waals surface area contributed by atoms with Crippen LogP contribution in [0.15, 0.2) is 98.2 Å². The van der Waals surface area contributed by atoms with E-state index in [9.17, 15) is 9.59 Å². The van der Waals surface area contributed by atoms with Gasteiger partial charge in [-0.25, -0.2) is 14.6 Å². The topological polar surface area (TPSA) is 107 Å². The second kappa shape index (κ2) is 11.8.